The van der Waals surface area contributed by atoms with E-state index < -0.39 is 10.8 Å². The minimum atomic E-state index is -0.574. The summed E-state index contributed by atoms with van der Waals surface area (Å²) in [5.74, 6) is 0.870. The standard InChI is InChI=1S/C18H26N2O5/c1-3-25-17-12-15(20(22)23)14(11-16(17)24-2)18(21)19-10-6-9-13-7-4-5-8-13/h11-13H,3-10H2,1-2H3,(H,19,21). The van der Waals surface area contributed by atoms with Gasteiger partial charge in [0, 0.05) is 12.6 Å². The third-order valence-corrected chi connectivity index (χ3v) is 4.57. The highest BCUT2D eigenvalue weighted by molar-refractivity contribution is 5.99. The van der Waals surface area contributed by atoms with Gasteiger partial charge in [-0.3, -0.25) is 14.9 Å². The van der Waals surface area contributed by atoms with Gasteiger partial charge in [0.05, 0.1) is 24.7 Å². The molecule has 0 aliphatic heterocycles. The van der Waals surface area contributed by atoms with E-state index in [1.165, 1.54) is 44.9 Å². The molecule has 7 heteroatoms. The minimum absolute atomic E-state index is 0.00818. The number of nitrogens with one attached hydrogen (secondary N) is 1. The summed E-state index contributed by atoms with van der Waals surface area (Å²) in [5.41, 5.74) is -0.288. The van der Waals surface area contributed by atoms with Gasteiger partial charge in [0.1, 0.15) is 5.56 Å². The van der Waals surface area contributed by atoms with Crippen LogP contribution in [0.2, 0.25) is 0 Å². The lowest BCUT2D eigenvalue weighted by atomic mass is 10.0. The van der Waals surface area contributed by atoms with Crippen LogP contribution >= 0.6 is 0 Å². The summed E-state index contributed by atoms with van der Waals surface area (Å²) in [6.45, 7) is 2.64. The Balaban J connectivity index is 2.04. The largest absolute Gasteiger partial charge is 0.493 e. The van der Waals surface area contributed by atoms with E-state index in [2.05, 4.69) is 5.32 Å². The summed E-state index contributed by atoms with van der Waals surface area (Å²) in [6, 6.07) is 2.62. The molecule has 0 aromatic heterocycles. The number of nitro groups is 1. The van der Waals surface area contributed by atoms with Crippen molar-refractivity contribution in [2.75, 3.05) is 20.3 Å². The second kappa shape index (κ2) is 9.25. The van der Waals surface area contributed by atoms with Crippen molar-refractivity contribution in [1.29, 1.82) is 0 Å². The second-order valence-corrected chi connectivity index (χ2v) is 6.26. The lowest BCUT2D eigenvalue weighted by Gasteiger charge is -2.12. The van der Waals surface area contributed by atoms with Crippen LogP contribution in [-0.4, -0.2) is 31.1 Å². The van der Waals surface area contributed by atoms with Gasteiger partial charge in [0.25, 0.3) is 11.6 Å². The van der Waals surface area contributed by atoms with Crippen molar-refractivity contribution in [2.45, 2.75) is 45.4 Å². The molecule has 0 atom stereocenters. The summed E-state index contributed by atoms with van der Waals surface area (Å²) in [7, 11) is 1.44. The van der Waals surface area contributed by atoms with Gasteiger partial charge in [0.2, 0.25) is 0 Å². The Morgan fingerprint density at radius 1 is 1.32 bits per heavy atom. The summed E-state index contributed by atoms with van der Waals surface area (Å²) in [5, 5.41) is 14.1. The Kier molecular flexibility index (Phi) is 7.03. The van der Waals surface area contributed by atoms with Gasteiger partial charge < -0.3 is 14.8 Å². The summed E-state index contributed by atoms with van der Waals surface area (Å²) in [6.07, 6.45) is 7.13. The lowest BCUT2D eigenvalue weighted by molar-refractivity contribution is -0.385. The molecule has 1 aliphatic carbocycles. The van der Waals surface area contributed by atoms with E-state index in [0.717, 1.165) is 18.8 Å². The Morgan fingerprint density at radius 2 is 2.04 bits per heavy atom. The molecular formula is C18H26N2O5. The predicted molar refractivity (Wildman–Crippen MR) is 94.3 cm³/mol. The van der Waals surface area contributed by atoms with Gasteiger partial charge >= 0.3 is 0 Å². The van der Waals surface area contributed by atoms with Crippen LogP contribution in [0.15, 0.2) is 12.1 Å². The quantitative estimate of drug-likeness (QED) is 0.416. The maximum atomic E-state index is 12.4. The molecule has 1 saturated carbocycles. The van der Waals surface area contributed by atoms with Gasteiger partial charge in [-0.05, 0) is 25.7 Å². The van der Waals surface area contributed by atoms with Crippen LogP contribution in [0.3, 0.4) is 0 Å². The number of ether oxygens (including phenoxy) is 2. The second-order valence-electron chi connectivity index (χ2n) is 6.26. The van der Waals surface area contributed by atoms with E-state index in [4.69, 9.17) is 9.47 Å². The highest BCUT2D eigenvalue weighted by atomic mass is 16.6. The van der Waals surface area contributed by atoms with Gasteiger partial charge in [0.15, 0.2) is 11.5 Å². The number of benzene rings is 1. The third-order valence-electron chi connectivity index (χ3n) is 4.57. The fourth-order valence-corrected chi connectivity index (χ4v) is 3.30. The first-order chi connectivity index (χ1) is 12.1. The number of nitro benzene ring substituents is 1. The van der Waals surface area contributed by atoms with Gasteiger partial charge in [-0.25, -0.2) is 0 Å². The maximum Gasteiger partial charge on any atom is 0.286 e. The Labute approximate surface area is 147 Å². The Hall–Kier alpha value is -2.31. The molecule has 0 bridgehead atoms. The first-order valence-corrected chi connectivity index (χ1v) is 8.84. The van der Waals surface area contributed by atoms with Crippen molar-refractivity contribution in [2.24, 2.45) is 5.92 Å². The van der Waals surface area contributed by atoms with Crippen LogP contribution in [-0.2, 0) is 0 Å². The first-order valence-electron chi connectivity index (χ1n) is 8.84. The van der Waals surface area contributed by atoms with Crippen molar-refractivity contribution in [3.8, 4) is 11.5 Å². The van der Waals surface area contributed by atoms with Crippen LogP contribution in [0.4, 0.5) is 5.69 Å². The molecule has 7 nitrogen and oxygen atoms in total. The van der Waals surface area contributed by atoms with E-state index in [9.17, 15) is 14.9 Å². The van der Waals surface area contributed by atoms with Crippen molar-refractivity contribution in [1.82, 2.24) is 5.32 Å². The average molecular weight is 350 g/mol. The number of methoxy groups -OCH3 is 1. The minimum Gasteiger partial charge on any atom is -0.493 e. The molecule has 0 saturated heterocycles. The number of rotatable bonds is 9. The fraction of sp³-hybridized carbons (Fsp3) is 0.611. The molecule has 1 aromatic rings. The molecule has 25 heavy (non-hydrogen) atoms. The predicted octanol–water partition coefficient (Wildman–Crippen LogP) is 3.70. The molecule has 1 N–H and O–H groups in total. The van der Waals surface area contributed by atoms with Crippen LogP contribution in [0.5, 0.6) is 11.5 Å². The molecule has 2 rings (SSSR count). The first kappa shape index (κ1) is 19.0. The number of carbonyl (C=O) groups excluding carboxylic acids is 1. The molecule has 0 unspecified atom stereocenters. The van der Waals surface area contributed by atoms with Crippen molar-refractivity contribution < 1.29 is 19.2 Å². The van der Waals surface area contributed by atoms with Crippen LogP contribution in [0.1, 0.15) is 55.8 Å². The smallest absolute Gasteiger partial charge is 0.286 e. The molecule has 1 amide bonds. The highest BCUT2D eigenvalue weighted by Crippen LogP contribution is 2.34. The molecule has 1 fully saturated rings. The molecule has 1 aliphatic rings. The van der Waals surface area contributed by atoms with E-state index in [1.807, 2.05) is 0 Å². The fourth-order valence-electron chi connectivity index (χ4n) is 3.30. The van der Waals surface area contributed by atoms with Crippen LogP contribution in [0, 0.1) is 16.0 Å². The molecule has 0 heterocycles. The van der Waals surface area contributed by atoms with Crippen molar-refractivity contribution in [3.63, 3.8) is 0 Å². The van der Waals surface area contributed by atoms with Gasteiger partial charge in [-0.2, -0.15) is 0 Å². The normalized spacial score (nSPS) is 14.3. The summed E-state index contributed by atoms with van der Waals surface area (Å²) in [4.78, 5) is 23.1. The maximum absolute atomic E-state index is 12.4. The van der Waals surface area contributed by atoms with Crippen LogP contribution in [0.25, 0.3) is 0 Å². The molecule has 1 aromatic carbocycles. The third kappa shape index (κ3) is 5.08. The number of hydrogen-bond donors (Lipinski definition) is 1. The van der Waals surface area contributed by atoms with Crippen LogP contribution < -0.4 is 14.8 Å². The SMILES string of the molecule is CCOc1cc([N+](=O)[O-])c(C(=O)NCCCC2CCCC2)cc1OC. The Bertz CT molecular complexity index is 612. The van der Waals surface area contributed by atoms with Gasteiger partial charge in [-0.15, -0.1) is 0 Å². The summed E-state index contributed by atoms with van der Waals surface area (Å²) >= 11 is 0. The average Bonchev–Trinajstić information content (AvgIpc) is 3.11. The summed E-state index contributed by atoms with van der Waals surface area (Å²) < 4.78 is 10.5. The molecule has 138 valence electrons. The lowest BCUT2D eigenvalue weighted by Crippen LogP contribution is -2.25. The molecule has 0 spiro atoms. The number of nitrogens with zero attached hydrogens (tertiary/aromatic N) is 1. The van der Waals surface area contributed by atoms with E-state index in [-0.39, 0.29) is 17.0 Å². The van der Waals surface area contributed by atoms with Gasteiger partial charge in [-0.1, -0.05) is 25.7 Å². The highest BCUT2D eigenvalue weighted by Gasteiger charge is 2.24. The molecule has 0 radical (unpaired) electrons. The number of hydrogen-bond acceptors (Lipinski definition) is 5. The Morgan fingerprint density at radius 3 is 2.64 bits per heavy atom. The van der Waals surface area contributed by atoms with E-state index in [0.29, 0.717) is 18.9 Å². The van der Waals surface area contributed by atoms with Crippen molar-refractivity contribution >= 4 is 11.6 Å². The monoisotopic (exact) mass is 350 g/mol. The number of amides is 1. The zero-order chi connectivity index (χ0) is 18.2. The zero-order valence-corrected chi connectivity index (χ0v) is 14.9. The van der Waals surface area contributed by atoms with E-state index in [1.54, 1.807) is 6.92 Å². The van der Waals surface area contributed by atoms with E-state index >= 15 is 0 Å². The molecular weight excluding hydrogens is 324 g/mol. The number of carbonyl (C=O) groups is 1. The zero-order valence-electron chi connectivity index (χ0n) is 14.9. The van der Waals surface area contributed by atoms with Crippen molar-refractivity contribution in [3.05, 3.63) is 27.8 Å². The topological polar surface area (TPSA) is 90.7 Å².